The van der Waals surface area contributed by atoms with Crippen molar-refractivity contribution < 1.29 is 0 Å². The Morgan fingerprint density at radius 1 is 0.900 bits per heavy atom. The van der Waals surface area contributed by atoms with E-state index in [-0.39, 0.29) is 0 Å². The molecule has 3 rings (SSSR count). The first-order valence-corrected chi connectivity index (χ1v) is 7.12. The molecule has 2 aromatic carbocycles. The number of aliphatic imine (C=N–C) groups is 1. The van der Waals surface area contributed by atoms with Gasteiger partial charge in [-0.25, -0.2) is 0 Å². The number of hydrogen-bond acceptors (Lipinski definition) is 2. The maximum Gasteiger partial charge on any atom is 0.135 e. The largest absolute Gasteiger partial charge is 0.324 e. The zero-order chi connectivity index (χ0) is 14.1. The van der Waals surface area contributed by atoms with Crippen LogP contribution >= 0.6 is 0 Å². The van der Waals surface area contributed by atoms with Gasteiger partial charge in [-0.15, -0.1) is 0 Å². The monoisotopic (exact) mass is 264 g/mol. The molecule has 0 fully saturated rings. The maximum absolute atomic E-state index is 4.72. The van der Waals surface area contributed by atoms with Crippen LogP contribution in [0.1, 0.15) is 22.3 Å². The Bertz CT molecular complexity index is 633. The number of anilines is 1. The average molecular weight is 264 g/mol. The summed E-state index contributed by atoms with van der Waals surface area (Å²) in [6, 6.07) is 15.1. The molecule has 0 atom stereocenters. The first-order chi connectivity index (χ1) is 9.66. The molecule has 102 valence electrons. The summed E-state index contributed by atoms with van der Waals surface area (Å²) in [6.07, 6.45) is 0. The summed E-state index contributed by atoms with van der Waals surface area (Å²) in [5.41, 5.74) is 6.42. The highest BCUT2D eigenvalue weighted by atomic mass is 15.2. The van der Waals surface area contributed by atoms with Gasteiger partial charge in [0.2, 0.25) is 0 Å². The first kappa shape index (κ1) is 12.9. The van der Waals surface area contributed by atoms with Gasteiger partial charge in [0.25, 0.3) is 0 Å². The fraction of sp³-hybridized carbons (Fsp3) is 0.278. The molecule has 0 spiro atoms. The molecule has 0 amide bonds. The maximum atomic E-state index is 4.72. The molecule has 0 saturated carbocycles. The van der Waals surface area contributed by atoms with Crippen LogP contribution in [0.3, 0.4) is 0 Å². The van der Waals surface area contributed by atoms with Gasteiger partial charge in [0.05, 0.1) is 6.54 Å². The van der Waals surface area contributed by atoms with Gasteiger partial charge in [-0.1, -0.05) is 48.0 Å². The van der Waals surface area contributed by atoms with E-state index in [1.54, 1.807) is 0 Å². The number of nitrogens with zero attached hydrogens (tertiary/aromatic N) is 2. The van der Waals surface area contributed by atoms with Crippen LogP contribution in [0.5, 0.6) is 0 Å². The van der Waals surface area contributed by atoms with Crippen molar-refractivity contribution >= 4 is 11.5 Å². The van der Waals surface area contributed by atoms with Crippen molar-refractivity contribution in [3.8, 4) is 0 Å². The second kappa shape index (κ2) is 5.12. The molecule has 1 aliphatic rings. The van der Waals surface area contributed by atoms with Crippen LogP contribution in [0, 0.1) is 20.8 Å². The quantitative estimate of drug-likeness (QED) is 0.803. The summed E-state index contributed by atoms with van der Waals surface area (Å²) in [5.74, 6) is 1.10. The molecule has 2 aromatic rings. The van der Waals surface area contributed by atoms with Crippen molar-refractivity contribution in [3.63, 3.8) is 0 Å². The molecule has 0 unspecified atom stereocenters. The number of rotatable bonds is 2. The molecule has 0 bridgehead atoms. The number of aryl methyl sites for hydroxylation is 3. The Hall–Kier alpha value is -2.09. The topological polar surface area (TPSA) is 15.6 Å². The summed E-state index contributed by atoms with van der Waals surface area (Å²) in [7, 11) is 0. The molecule has 2 heteroatoms. The lowest BCUT2D eigenvalue weighted by Crippen LogP contribution is -2.29. The van der Waals surface area contributed by atoms with E-state index in [0.717, 1.165) is 18.9 Å². The minimum Gasteiger partial charge on any atom is -0.324 e. The van der Waals surface area contributed by atoms with Gasteiger partial charge < -0.3 is 4.90 Å². The highest BCUT2D eigenvalue weighted by molar-refractivity contribution is 6.11. The third-order valence-corrected chi connectivity index (χ3v) is 3.86. The summed E-state index contributed by atoms with van der Waals surface area (Å²) in [6.45, 7) is 8.30. The highest BCUT2D eigenvalue weighted by Gasteiger charge is 2.22. The lowest BCUT2D eigenvalue weighted by atomic mass is 10.1. The van der Waals surface area contributed by atoms with Gasteiger partial charge in [-0.05, 0) is 31.9 Å². The Labute approximate surface area is 120 Å². The molecule has 20 heavy (non-hydrogen) atoms. The summed E-state index contributed by atoms with van der Waals surface area (Å²) in [4.78, 5) is 7.07. The lowest BCUT2D eigenvalue weighted by Gasteiger charge is -2.24. The standard InChI is InChI=1S/C18H20N2/c1-13-7-9-16(10-8-13)18-19-11-12-20(18)17-14(2)5-4-6-15(17)3/h4-10H,11-12H2,1-3H3. The van der Waals surface area contributed by atoms with E-state index in [1.807, 2.05) is 0 Å². The summed E-state index contributed by atoms with van der Waals surface area (Å²) in [5, 5.41) is 0. The van der Waals surface area contributed by atoms with Crippen molar-refractivity contribution in [1.82, 2.24) is 0 Å². The molecular formula is C18H20N2. The number of para-hydroxylation sites is 1. The van der Waals surface area contributed by atoms with Crippen LogP contribution in [-0.4, -0.2) is 18.9 Å². The Morgan fingerprint density at radius 3 is 2.20 bits per heavy atom. The smallest absolute Gasteiger partial charge is 0.135 e. The van der Waals surface area contributed by atoms with Crippen molar-refractivity contribution in [1.29, 1.82) is 0 Å². The van der Waals surface area contributed by atoms with E-state index >= 15 is 0 Å². The van der Waals surface area contributed by atoms with Gasteiger partial charge in [-0.2, -0.15) is 0 Å². The Morgan fingerprint density at radius 2 is 1.55 bits per heavy atom. The molecule has 0 radical (unpaired) electrons. The van der Waals surface area contributed by atoms with Gasteiger partial charge >= 0.3 is 0 Å². The van der Waals surface area contributed by atoms with Crippen molar-refractivity contribution in [2.75, 3.05) is 18.0 Å². The molecule has 0 aromatic heterocycles. The van der Waals surface area contributed by atoms with Gasteiger partial charge in [0.1, 0.15) is 5.84 Å². The zero-order valence-corrected chi connectivity index (χ0v) is 12.4. The van der Waals surface area contributed by atoms with Crippen LogP contribution in [0.15, 0.2) is 47.5 Å². The highest BCUT2D eigenvalue weighted by Crippen LogP contribution is 2.28. The molecule has 2 nitrogen and oxygen atoms in total. The lowest BCUT2D eigenvalue weighted by molar-refractivity contribution is 1.01. The fourth-order valence-corrected chi connectivity index (χ4v) is 2.85. The average Bonchev–Trinajstić information content (AvgIpc) is 2.88. The van der Waals surface area contributed by atoms with E-state index in [0.29, 0.717) is 0 Å². The molecule has 1 heterocycles. The third-order valence-electron chi connectivity index (χ3n) is 3.86. The van der Waals surface area contributed by atoms with Gasteiger partial charge in [-0.3, -0.25) is 4.99 Å². The van der Waals surface area contributed by atoms with Gasteiger partial charge in [0.15, 0.2) is 0 Å². The second-order valence-electron chi connectivity index (χ2n) is 5.46. The minimum atomic E-state index is 0.872. The van der Waals surface area contributed by atoms with E-state index in [1.165, 1.54) is 27.9 Å². The number of amidine groups is 1. The first-order valence-electron chi connectivity index (χ1n) is 7.12. The normalized spacial score (nSPS) is 14.6. The van der Waals surface area contributed by atoms with Crippen molar-refractivity contribution in [2.45, 2.75) is 20.8 Å². The predicted octanol–water partition coefficient (Wildman–Crippen LogP) is 3.88. The van der Waals surface area contributed by atoms with Crippen LogP contribution in [0.2, 0.25) is 0 Å². The minimum absolute atomic E-state index is 0.872. The van der Waals surface area contributed by atoms with Crippen molar-refractivity contribution in [2.24, 2.45) is 4.99 Å². The van der Waals surface area contributed by atoms with E-state index < -0.39 is 0 Å². The van der Waals surface area contributed by atoms with Crippen LogP contribution in [0.4, 0.5) is 5.69 Å². The molecular weight excluding hydrogens is 244 g/mol. The van der Waals surface area contributed by atoms with E-state index in [4.69, 9.17) is 4.99 Å². The predicted molar refractivity (Wildman–Crippen MR) is 85.8 cm³/mol. The second-order valence-corrected chi connectivity index (χ2v) is 5.46. The summed E-state index contributed by atoms with van der Waals surface area (Å²) < 4.78 is 0. The summed E-state index contributed by atoms with van der Waals surface area (Å²) >= 11 is 0. The fourth-order valence-electron chi connectivity index (χ4n) is 2.85. The molecule has 0 N–H and O–H groups in total. The van der Waals surface area contributed by atoms with E-state index in [2.05, 4.69) is 68.1 Å². The van der Waals surface area contributed by atoms with E-state index in [9.17, 15) is 0 Å². The molecule has 0 saturated heterocycles. The Kier molecular flexibility index (Phi) is 3.31. The third kappa shape index (κ3) is 2.22. The Balaban J connectivity index is 2.03. The SMILES string of the molecule is Cc1ccc(C2=NCCN2c2c(C)cccc2C)cc1. The van der Waals surface area contributed by atoms with Crippen molar-refractivity contribution in [3.05, 3.63) is 64.7 Å². The van der Waals surface area contributed by atoms with Crippen LogP contribution < -0.4 is 4.90 Å². The number of hydrogen-bond donors (Lipinski definition) is 0. The number of benzene rings is 2. The molecule has 0 aliphatic carbocycles. The molecule has 1 aliphatic heterocycles. The van der Waals surface area contributed by atoms with Crippen LogP contribution in [-0.2, 0) is 0 Å². The van der Waals surface area contributed by atoms with Gasteiger partial charge in [0, 0.05) is 17.8 Å². The zero-order valence-electron chi connectivity index (χ0n) is 12.4. The van der Waals surface area contributed by atoms with Crippen LogP contribution in [0.25, 0.3) is 0 Å².